The van der Waals surface area contributed by atoms with Gasteiger partial charge in [0.1, 0.15) is 6.54 Å². The van der Waals surface area contributed by atoms with E-state index in [4.69, 9.17) is 0 Å². The van der Waals surface area contributed by atoms with Crippen LogP contribution in [0.1, 0.15) is 41.3 Å². The number of benzene rings is 1. The van der Waals surface area contributed by atoms with E-state index in [2.05, 4.69) is 0 Å². The van der Waals surface area contributed by atoms with E-state index in [1.54, 1.807) is 19.1 Å². The Kier molecular flexibility index (Phi) is 6.41. The van der Waals surface area contributed by atoms with Gasteiger partial charge in [-0.2, -0.15) is 0 Å². The van der Waals surface area contributed by atoms with Crippen molar-refractivity contribution in [3.63, 3.8) is 0 Å². The summed E-state index contributed by atoms with van der Waals surface area (Å²) in [4.78, 5) is 25.6. The Morgan fingerprint density at radius 1 is 1.19 bits per heavy atom. The van der Waals surface area contributed by atoms with E-state index in [1.807, 2.05) is 19.9 Å². The van der Waals surface area contributed by atoms with Crippen molar-refractivity contribution in [3.8, 4) is 0 Å². The van der Waals surface area contributed by atoms with Gasteiger partial charge in [-0.05, 0) is 56.9 Å². The van der Waals surface area contributed by atoms with Crippen LogP contribution in [0.2, 0.25) is 0 Å². The van der Waals surface area contributed by atoms with Crippen LogP contribution in [0, 0.1) is 13.8 Å². The fourth-order valence-electron chi connectivity index (χ4n) is 3.17. The van der Waals surface area contributed by atoms with Crippen molar-refractivity contribution in [2.45, 2.75) is 39.7 Å². The fraction of sp³-hybridized carbons (Fsp3) is 0.556. The molecule has 0 aliphatic carbocycles. The standard InChI is InChI=1S/C18H26N2O5S/c1-4-26(24,25)19-9-7-16(8-10-19)20(12-17(21)22)18(23)15-6-5-13(2)14(3)11-15/h5-6,11,16H,4,7-10,12H2,1-3H3,(H,21,22). The lowest BCUT2D eigenvalue weighted by molar-refractivity contribution is -0.138. The van der Waals surface area contributed by atoms with E-state index in [-0.39, 0.29) is 17.7 Å². The van der Waals surface area contributed by atoms with Crippen LogP contribution in [0.5, 0.6) is 0 Å². The summed E-state index contributed by atoms with van der Waals surface area (Å²) in [6.45, 7) is 5.66. The van der Waals surface area contributed by atoms with Gasteiger partial charge in [0.05, 0.1) is 5.75 Å². The molecule has 7 nitrogen and oxygen atoms in total. The van der Waals surface area contributed by atoms with Crippen molar-refractivity contribution < 1.29 is 23.1 Å². The second-order valence-corrected chi connectivity index (χ2v) is 8.91. The first-order chi connectivity index (χ1) is 12.2. The minimum Gasteiger partial charge on any atom is -0.480 e. The molecule has 2 rings (SSSR count). The Bertz CT molecular complexity index is 783. The molecule has 1 saturated heterocycles. The molecule has 1 amide bonds. The maximum atomic E-state index is 12.9. The van der Waals surface area contributed by atoms with Crippen molar-refractivity contribution in [2.75, 3.05) is 25.4 Å². The Morgan fingerprint density at radius 2 is 1.81 bits per heavy atom. The zero-order chi connectivity index (χ0) is 19.5. The molecule has 0 saturated carbocycles. The van der Waals surface area contributed by atoms with Crippen molar-refractivity contribution >= 4 is 21.9 Å². The van der Waals surface area contributed by atoms with Crippen LogP contribution in [-0.4, -0.2) is 66.0 Å². The predicted molar refractivity (Wildman–Crippen MR) is 98.6 cm³/mol. The second kappa shape index (κ2) is 8.18. The number of piperidine rings is 1. The molecule has 0 radical (unpaired) electrons. The summed E-state index contributed by atoms with van der Waals surface area (Å²) >= 11 is 0. The maximum absolute atomic E-state index is 12.9. The van der Waals surface area contributed by atoms with E-state index >= 15 is 0 Å². The topological polar surface area (TPSA) is 95.0 Å². The summed E-state index contributed by atoms with van der Waals surface area (Å²) < 4.78 is 25.4. The molecular weight excluding hydrogens is 356 g/mol. The molecule has 0 aromatic heterocycles. The second-order valence-electron chi connectivity index (χ2n) is 6.66. The molecule has 1 aromatic carbocycles. The molecule has 0 atom stereocenters. The van der Waals surface area contributed by atoms with Crippen LogP contribution in [0.4, 0.5) is 0 Å². The fourth-order valence-corrected chi connectivity index (χ4v) is 4.30. The van der Waals surface area contributed by atoms with Crippen molar-refractivity contribution in [3.05, 3.63) is 34.9 Å². The summed E-state index contributed by atoms with van der Waals surface area (Å²) in [5.41, 5.74) is 2.48. The van der Waals surface area contributed by atoms with Gasteiger partial charge in [-0.1, -0.05) is 6.07 Å². The number of hydrogen-bond acceptors (Lipinski definition) is 4. The molecule has 1 aliphatic rings. The molecule has 1 aliphatic heterocycles. The number of amides is 1. The molecule has 0 unspecified atom stereocenters. The minimum absolute atomic E-state index is 0.0398. The molecule has 8 heteroatoms. The first-order valence-electron chi connectivity index (χ1n) is 8.73. The Labute approximate surface area is 154 Å². The van der Waals surface area contributed by atoms with Gasteiger partial charge in [-0.25, -0.2) is 12.7 Å². The van der Waals surface area contributed by atoms with Crippen LogP contribution in [-0.2, 0) is 14.8 Å². The molecule has 1 aromatic rings. The van der Waals surface area contributed by atoms with Gasteiger partial charge >= 0.3 is 5.97 Å². The van der Waals surface area contributed by atoms with E-state index in [9.17, 15) is 23.1 Å². The lowest BCUT2D eigenvalue weighted by Gasteiger charge is -2.37. The van der Waals surface area contributed by atoms with Crippen molar-refractivity contribution in [2.24, 2.45) is 0 Å². The highest BCUT2D eigenvalue weighted by Crippen LogP contribution is 2.22. The Balaban J connectivity index is 2.19. The number of hydrogen-bond donors (Lipinski definition) is 1. The lowest BCUT2D eigenvalue weighted by atomic mass is 10.0. The predicted octanol–water partition coefficient (Wildman–Crippen LogP) is 1.64. The lowest BCUT2D eigenvalue weighted by Crippen LogP contribution is -2.50. The first kappa shape index (κ1) is 20.4. The summed E-state index contributed by atoms with van der Waals surface area (Å²) in [6, 6.07) is 5.03. The van der Waals surface area contributed by atoms with Crippen LogP contribution in [0.25, 0.3) is 0 Å². The Hall–Kier alpha value is -1.93. The van der Waals surface area contributed by atoms with Crippen LogP contribution in [0.15, 0.2) is 18.2 Å². The molecule has 144 valence electrons. The number of aryl methyl sites for hydroxylation is 2. The van der Waals surface area contributed by atoms with Gasteiger partial charge in [-0.3, -0.25) is 9.59 Å². The molecular formula is C18H26N2O5S. The number of rotatable bonds is 6. The van der Waals surface area contributed by atoms with Gasteiger partial charge in [0, 0.05) is 24.7 Å². The molecule has 1 fully saturated rings. The van der Waals surface area contributed by atoms with E-state index in [0.29, 0.717) is 31.5 Å². The number of carbonyl (C=O) groups excluding carboxylic acids is 1. The van der Waals surface area contributed by atoms with E-state index in [0.717, 1.165) is 11.1 Å². The summed E-state index contributed by atoms with van der Waals surface area (Å²) in [7, 11) is -3.26. The third-order valence-electron chi connectivity index (χ3n) is 4.94. The number of sulfonamides is 1. The van der Waals surface area contributed by atoms with Crippen LogP contribution >= 0.6 is 0 Å². The monoisotopic (exact) mass is 382 g/mol. The third-order valence-corrected chi connectivity index (χ3v) is 6.82. The summed E-state index contributed by atoms with van der Waals surface area (Å²) in [6.07, 6.45) is 0.867. The normalized spacial score (nSPS) is 16.4. The maximum Gasteiger partial charge on any atom is 0.323 e. The average molecular weight is 382 g/mol. The van der Waals surface area contributed by atoms with Gasteiger partial charge in [0.15, 0.2) is 0 Å². The minimum atomic E-state index is -3.26. The number of aliphatic carboxylic acids is 1. The van der Waals surface area contributed by atoms with Crippen molar-refractivity contribution in [1.82, 2.24) is 9.21 Å². The molecule has 0 bridgehead atoms. The van der Waals surface area contributed by atoms with Gasteiger partial charge in [0.25, 0.3) is 5.91 Å². The van der Waals surface area contributed by atoms with Gasteiger partial charge in [0.2, 0.25) is 10.0 Å². The number of carboxylic acids is 1. The highest BCUT2D eigenvalue weighted by Gasteiger charge is 2.33. The molecule has 26 heavy (non-hydrogen) atoms. The van der Waals surface area contributed by atoms with Gasteiger partial charge < -0.3 is 10.0 Å². The third kappa shape index (κ3) is 4.62. The van der Waals surface area contributed by atoms with Crippen LogP contribution < -0.4 is 0 Å². The highest BCUT2D eigenvalue weighted by atomic mass is 32.2. The number of carbonyl (C=O) groups is 2. The SMILES string of the molecule is CCS(=O)(=O)N1CCC(N(CC(=O)O)C(=O)c2ccc(C)c(C)c2)CC1. The molecule has 0 spiro atoms. The van der Waals surface area contributed by atoms with Gasteiger partial charge in [-0.15, -0.1) is 0 Å². The Morgan fingerprint density at radius 3 is 2.31 bits per heavy atom. The quantitative estimate of drug-likeness (QED) is 0.807. The summed E-state index contributed by atoms with van der Waals surface area (Å²) in [5, 5.41) is 9.23. The zero-order valence-electron chi connectivity index (χ0n) is 15.4. The number of carboxylic acid groups (broad SMARTS) is 1. The summed E-state index contributed by atoms with van der Waals surface area (Å²) in [5.74, 6) is -1.36. The highest BCUT2D eigenvalue weighted by molar-refractivity contribution is 7.89. The van der Waals surface area contributed by atoms with Crippen molar-refractivity contribution in [1.29, 1.82) is 0 Å². The zero-order valence-corrected chi connectivity index (χ0v) is 16.3. The molecule has 1 N–H and O–H groups in total. The van der Waals surface area contributed by atoms with Crippen LogP contribution in [0.3, 0.4) is 0 Å². The largest absolute Gasteiger partial charge is 0.480 e. The number of nitrogens with zero attached hydrogens (tertiary/aromatic N) is 2. The smallest absolute Gasteiger partial charge is 0.323 e. The average Bonchev–Trinajstić information content (AvgIpc) is 2.61. The first-order valence-corrected chi connectivity index (χ1v) is 10.3. The van der Waals surface area contributed by atoms with E-state index < -0.39 is 22.5 Å². The van der Waals surface area contributed by atoms with E-state index in [1.165, 1.54) is 9.21 Å². The molecule has 1 heterocycles.